The normalized spacial score (nSPS) is 26.5. The number of carboxylic acids is 3. The van der Waals surface area contributed by atoms with Crippen LogP contribution in [-0.4, -0.2) is 56.3 Å². The lowest BCUT2D eigenvalue weighted by molar-refractivity contribution is -0.149. The van der Waals surface area contributed by atoms with Crippen LogP contribution in [0.3, 0.4) is 0 Å². The highest BCUT2D eigenvalue weighted by atomic mass is 16.4. The summed E-state index contributed by atoms with van der Waals surface area (Å²) in [6.45, 7) is -0.356. The first-order valence-corrected chi connectivity index (χ1v) is 6.55. The van der Waals surface area contributed by atoms with Gasteiger partial charge in [-0.05, 0) is 5.56 Å². The average Bonchev–Trinajstić information content (AvgIpc) is 2.79. The van der Waals surface area contributed by atoms with Gasteiger partial charge in [0, 0.05) is 13.0 Å². The van der Waals surface area contributed by atoms with E-state index in [1.807, 2.05) is 0 Å². The molecule has 1 saturated heterocycles. The Hall–Kier alpha value is -2.45. The molecule has 8 nitrogen and oxygen atoms in total. The molecule has 2 rings (SSSR count). The minimum atomic E-state index is -1.79. The first-order valence-electron chi connectivity index (χ1n) is 6.55. The number of aliphatic carboxylic acids is 3. The van der Waals surface area contributed by atoms with Gasteiger partial charge in [0.1, 0.15) is 17.6 Å². The molecule has 22 heavy (non-hydrogen) atoms. The quantitative estimate of drug-likeness (QED) is 0.583. The number of hydrogen-bond donors (Lipinski definition) is 4. The molecule has 5 N–H and O–H groups in total. The van der Waals surface area contributed by atoms with Gasteiger partial charge >= 0.3 is 17.9 Å². The van der Waals surface area contributed by atoms with E-state index in [4.69, 9.17) is 5.73 Å². The summed E-state index contributed by atoms with van der Waals surface area (Å²) in [5, 5.41) is 28.0. The zero-order valence-corrected chi connectivity index (χ0v) is 11.5. The number of rotatable bonds is 5. The number of likely N-dealkylation sites (tertiary alicyclic amines) is 1. The van der Waals surface area contributed by atoms with Crippen molar-refractivity contribution in [3.05, 3.63) is 35.9 Å². The molecule has 8 heteroatoms. The van der Waals surface area contributed by atoms with Crippen molar-refractivity contribution in [1.82, 2.24) is 4.90 Å². The Balaban J connectivity index is 2.43. The van der Waals surface area contributed by atoms with E-state index in [9.17, 15) is 29.7 Å². The Labute approximate surface area is 125 Å². The molecule has 0 amide bonds. The van der Waals surface area contributed by atoms with Gasteiger partial charge in [0.2, 0.25) is 0 Å². The van der Waals surface area contributed by atoms with Crippen molar-refractivity contribution >= 4 is 17.9 Å². The van der Waals surface area contributed by atoms with Crippen molar-refractivity contribution in [3.63, 3.8) is 0 Å². The summed E-state index contributed by atoms with van der Waals surface area (Å²) in [4.78, 5) is 35.4. The SMILES string of the molecule is N[C@]1(C(=O)O)C[C@H](C(=O)O)N(C(C(=O)O)c2ccccc2)C1. The van der Waals surface area contributed by atoms with Crippen molar-refractivity contribution in [2.24, 2.45) is 5.73 Å². The zero-order chi connectivity index (χ0) is 16.5. The molecule has 0 radical (unpaired) electrons. The van der Waals surface area contributed by atoms with Crippen molar-refractivity contribution < 1.29 is 29.7 Å². The molecule has 1 fully saturated rings. The molecule has 3 atom stereocenters. The Kier molecular flexibility index (Phi) is 4.16. The molecule has 0 aromatic heterocycles. The number of nitrogens with two attached hydrogens (primary N) is 1. The Morgan fingerprint density at radius 2 is 1.77 bits per heavy atom. The maximum Gasteiger partial charge on any atom is 0.325 e. The van der Waals surface area contributed by atoms with Crippen molar-refractivity contribution in [1.29, 1.82) is 0 Å². The second-order valence-corrected chi connectivity index (χ2v) is 5.34. The molecule has 0 spiro atoms. The number of benzene rings is 1. The second kappa shape index (κ2) is 5.74. The van der Waals surface area contributed by atoms with E-state index in [2.05, 4.69) is 0 Å². The highest BCUT2D eigenvalue weighted by Gasteiger charge is 2.53. The molecular formula is C14H16N2O6. The van der Waals surface area contributed by atoms with Gasteiger partial charge in [-0.2, -0.15) is 0 Å². The summed E-state index contributed by atoms with van der Waals surface area (Å²) in [6, 6.07) is 5.51. The van der Waals surface area contributed by atoms with Gasteiger partial charge in [0.25, 0.3) is 0 Å². The van der Waals surface area contributed by atoms with Gasteiger partial charge < -0.3 is 21.1 Å². The monoisotopic (exact) mass is 308 g/mol. The lowest BCUT2D eigenvalue weighted by Gasteiger charge is -2.28. The lowest BCUT2D eigenvalue weighted by atomic mass is 9.98. The summed E-state index contributed by atoms with van der Waals surface area (Å²) in [6.07, 6.45) is -0.353. The van der Waals surface area contributed by atoms with E-state index in [0.717, 1.165) is 4.90 Å². The van der Waals surface area contributed by atoms with Crippen LogP contribution in [-0.2, 0) is 14.4 Å². The highest BCUT2D eigenvalue weighted by molar-refractivity contribution is 5.85. The van der Waals surface area contributed by atoms with Gasteiger partial charge in [-0.25, -0.2) is 0 Å². The fraction of sp³-hybridized carbons (Fsp3) is 0.357. The number of hydrogen-bond acceptors (Lipinski definition) is 5. The number of carbonyl (C=O) groups is 3. The Bertz CT molecular complexity index is 605. The molecule has 1 aliphatic heterocycles. The van der Waals surface area contributed by atoms with Crippen molar-refractivity contribution in [2.75, 3.05) is 6.54 Å². The van der Waals surface area contributed by atoms with E-state index >= 15 is 0 Å². The van der Waals surface area contributed by atoms with E-state index in [-0.39, 0.29) is 13.0 Å². The van der Waals surface area contributed by atoms with E-state index in [1.54, 1.807) is 30.3 Å². The minimum Gasteiger partial charge on any atom is -0.480 e. The molecular weight excluding hydrogens is 292 g/mol. The molecule has 1 unspecified atom stereocenters. The van der Waals surface area contributed by atoms with E-state index in [1.165, 1.54) is 0 Å². The number of nitrogens with zero attached hydrogens (tertiary/aromatic N) is 1. The highest BCUT2D eigenvalue weighted by Crippen LogP contribution is 2.34. The summed E-state index contributed by atoms with van der Waals surface area (Å²) >= 11 is 0. The van der Waals surface area contributed by atoms with Gasteiger partial charge in [-0.3, -0.25) is 19.3 Å². The van der Waals surface area contributed by atoms with Crippen molar-refractivity contribution in [3.8, 4) is 0 Å². The van der Waals surface area contributed by atoms with Gasteiger partial charge in [-0.15, -0.1) is 0 Å². The average molecular weight is 308 g/mol. The van der Waals surface area contributed by atoms with Crippen LogP contribution in [0.25, 0.3) is 0 Å². The maximum absolute atomic E-state index is 11.6. The molecule has 1 heterocycles. The molecule has 0 bridgehead atoms. The summed E-state index contributed by atoms with van der Waals surface area (Å²) in [5.41, 5.74) is 4.32. The van der Waals surface area contributed by atoms with Crippen LogP contribution in [0.1, 0.15) is 18.0 Å². The summed E-state index contributed by atoms with van der Waals surface area (Å²) in [7, 11) is 0. The zero-order valence-electron chi connectivity index (χ0n) is 11.5. The maximum atomic E-state index is 11.6. The molecule has 1 aliphatic rings. The third kappa shape index (κ3) is 2.78. The third-order valence-electron chi connectivity index (χ3n) is 3.81. The summed E-state index contributed by atoms with van der Waals surface area (Å²) in [5.74, 6) is -3.90. The van der Waals surface area contributed by atoms with Crippen LogP contribution in [0.5, 0.6) is 0 Å². The first-order chi connectivity index (χ1) is 10.3. The van der Waals surface area contributed by atoms with Crippen LogP contribution >= 0.6 is 0 Å². The van der Waals surface area contributed by atoms with Crippen LogP contribution in [0.4, 0.5) is 0 Å². The third-order valence-corrected chi connectivity index (χ3v) is 3.81. The Morgan fingerprint density at radius 3 is 2.23 bits per heavy atom. The largest absolute Gasteiger partial charge is 0.480 e. The summed E-state index contributed by atoms with van der Waals surface area (Å²) < 4.78 is 0. The predicted molar refractivity (Wildman–Crippen MR) is 74.1 cm³/mol. The topological polar surface area (TPSA) is 141 Å². The van der Waals surface area contributed by atoms with E-state index in [0.29, 0.717) is 5.56 Å². The van der Waals surface area contributed by atoms with Crippen LogP contribution in [0, 0.1) is 0 Å². The number of carboxylic acid groups (broad SMARTS) is 3. The predicted octanol–water partition coefficient (Wildman–Crippen LogP) is -0.247. The molecule has 0 aliphatic carbocycles. The molecule has 0 saturated carbocycles. The van der Waals surface area contributed by atoms with Crippen LogP contribution in [0.15, 0.2) is 30.3 Å². The smallest absolute Gasteiger partial charge is 0.325 e. The van der Waals surface area contributed by atoms with E-state index < -0.39 is 35.5 Å². The Morgan fingerprint density at radius 1 is 1.18 bits per heavy atom. The first kappa shape index (κ1) is 15.9. The van der Waals surface area contributed by atoms with Crippen molar-refractivity contribution in [2.45, 2.75) is 24.0 Å². The van der Waals surface area contributed by atoms with Gasteiger partial charge in [-0.1, -0.05) is 30.3 Å². The van der Waals surface area contributed by atoms with Crippen LogP contribution < -0.4 is 5.73 Å². The second-order valence-electron chi connectivity index (χ2n) is 5.34. The fourth-order valence-electron chi connectivity index (χ4n) is 2.73. The standard InChI is InChI=1S/C14H16N2O6/c15-14(13(21)22)6-9(11(17)18)16(7-14)10(12(19)20)8-4-2-1-3-5-8/h1-5,9-10H,6-7,15H2,(H,17,18)(H,19,20)(H,21,22)/t9-,10?,14-/m1/s1. The lowest BCUT2D eigenvalue weighted by Crippen LogP contribution is -2.50. The van der Waals surface area contributed by atoms with Gasteiger partial charge in [0.05, 0.1) is 0 Å². The van der Waals surface area contributed by atoms with Gasteiger partial charge in [0.15, 0.2) is 0 Å². The minimum absolute atomic E-state index is 0.353. The molecule has 118 valence electrons. The molecule has 1 aromatic carbocycles. The molecule has 1 aromatic rings. The fourth-order valence-corrected chi connectivity index (χ4v) is 2.73. The van der Waals surface area contributed by atoms with Crippen LogP contribution in [0.2, 0.25) is 0 Å².